The molecule has 0 aliphatic carbocycles. The molecular weight excluding hydrogens is 348 g/mol. The van der Waals surface area contributed by atoms with Crippen LogP contribution >= 0.6 is 0 Å². The van der Waals surface area contributed by atoms with Crippen molar-refractivity contribution >= 4 is 5.78 Å². The molecule has 144 valence electrons. The van der Waals surface area contributed by atoms with E-state index in [1.54, 1.807) is 14.2 Å². The van der Waals surface area contributed by atoms with Gasteiger partial charge in [0.15, 0.2) is 5.60 Å². The van der Waals surface area contributed by atoms with Gasteiger partial charge in [-0.05, 0) is 49.2 Å². The maximum atomic E-state index is 12.2. The fourth-order valence-electron chi connectivity index (χ4n) is 3.46. The molecule has 2 aromatic rings. The number of Topliss-reactive ketones (excluding diaryl/α,β-unsaturated/α-hetero) is 1. The van der Waals surface area contributed by atoms with E-state index in [0.29, 0.717) is 11.5 Å². The fourth-order valence-corrected chi connectivity index (χ4v) is 3.46. The summed E-state index contributed by atoms with van der Waals surface area (Å²) in [6.07, 6.45) is 0.230. The van der Waals surface area contributed by atoms with E-state index in [2.05, 4.69) is 0 Å². The van der Waals surface area contributed by atoms with Crippen molar-refractivity contribution in [3.05, 3.63) is 59.7 Å². The molecule has 2 aromatic carbocycles. The molecule has 0 saturated carbocycles. The van der Waals surface area contributed by atoms with Gasteiger partial charge < -0.3 is 14.6 Å². The van der Waals surface area contributed by atoms with Crippen LogP contribution in [0.15, 0.2) is 48.5 Å². The lowest BCUT2D eigenvalue weighted by atomic mass is 9.75. The Morgan fingerprint density at radius 1 is 0.963 bits per heavy atom. The van der Waals surface area contributed by atoms with Gasteiger partial charge in [-0.15, -0.1) is 0 Å². The lowest BCUT2D eigenvalue weighted by Crippen LogP contribution is -2.53. The third kappa shape index (κ3) is 3.56. The van der Waals surface area contributed by atoms with Crippen LogP contribution in [-0.2, 0) is 20.2 Å². The molecule has 0 bridgehead atoms. The minimum atomic E-state index is -1.70. The SMILES string of the molecule is COc1ccc(C2(c3ccc(OC)cc3)CC(C(C)=O)C(C)(O)OO2)cc1. The molecule has 6 nitrogen and oxygen atoms in total. The van der Waals surface area contributed by atoms with Gasteiger partial charge in [-0.1, -0.05) is 24.3 Å². The van der Waals surface area contributed by atoms with Gasteiger partial charge in [0.2, 0.25) is 5.79 Å². The van der Waals surface area contributed by atoms with Crippen molar-refractivity contribution in [3.63, 3.8) is 0 Å². The summed E-state index contributed by atoms with van der Waals surface area (Å²) >= 11 is 0. The molecule has 0 aromatic heterocycles. The summed E-state index contributed by atoms with van der Waals surface area (Å²) < 4.78 is 10.5. The Morgan fingerprint density at radius 2 is 1.41 bits per heavy atom. The minimum absolute atomic E-state index is 0.172. The van der Waals surface area contributed by atoms with Crippen molar-refractivity contribution < 1.29 is 29.1 Å². The maximum Gasteiger partial charge on any atom is 0.206 e. The van der Waals surface area contributed by atoms with Crippen LogP contribution < -0.4 is 9.47 Å². The first-order valence-electron chi connectivity index (χ1n) is 8.71. The summed E-state index contributed by atoms with van der Waals surface area (Å²) in [6.45, 7) is 2.88. The molecule has 1 N–H and O–H groups in total. The van der Waals surface area contributed by atoms with E-state index in [0.717, 1.165) is 11.1 Å². The number of carbonyl (C=O) groups is 1. The molecule has 0 radical (unpaired) electrons. The van der Waals surface area contributed by atoms with E-state index in [9.17, 15) is 9.90 Å². The summed E-state index contributed by atoms with van der Waals surface area (Å²) in [5.41, 5.74) is 0.516. The Balaban J connectivity index is 2.12. The predicted molar refractivity (Wildman–Crippen MR) is 98.3 cm³/mol. The zero-order valence-electron chi connectivity index (χ0n) is 15.9. The number of rotatable bonds is 5. The largest absolute Gasteiger partial charge is 0.497 e. The number of ketones is 1. The zero-order chi connectivity index (χ0) is 19.7. The second kappa shape index (κ2) is 7.31. The monoisotopic (exact) mass is 372 g/mol. The van der Waals surface area contributed by atoms with Crippen molar-refractivity contribution in [2.24, 2.45) is 5.92 Å². The molecule has 1 aliphatic rings. The quantitative estimate of drug-likeness (QED) is 0.813. The van der Waals surface area contributed by atoms with Crippen molar-refractivity contribution in [1.29, 1.82) is 0 Å². The topological polar surface area (TPSA) is 74.2 Å². The lowest BCUT2D eigenvalue weighted by Gasteiger charge is -2.45. The molecule has 2 atom stereocenters. The highest BCUT2D eigenvalue weighted by molar-refractivity contribution is 5.79. The average molecular weight is 372 g/mol. The Morgan fingerprint density at radius 3 is 1.78 bits per heavy atom. The first kappa shape index (κ1) is 19.4. The van der Waals surface area contributed by atoms with Crippen LogP contribution in [0.2, 0.25) is 0 Å². The van der Waals surface area contributed by atoms with E-state index in [1.807, 2.05) is 48.5 Å². The number of aliphatic hydroxyl groups is 1. The normalized spacial score (nSPS) is 24.3. The van der Waals surface area contributed by atoms with Gasteiger partial charge in [-0.3, -0.25) is 4.79 Å². The Hall–Kier alpha value is -2.41. The van der Waals surface area contributed by atoms with Crippen molar-refractivity contribution in [2.45, 2.75) is 31.7 Å². The molecule has 1 saturated heterocycles. The Kier molecular flexibility index (Phi) is 5.24. The molecule has 1 aliphatic heterocycles. The van der Waals surface area contributed by atoms with Gasteiger partial charge in [0.25, 0.3) is 0 Å². The van der Waals surface area contributed by atoms with Gasteiger partial charge >= 0.3 is 0 Å². The molecule has 0 amide bonds. The van der Waals surface area contributed by atoms with Crippen molar-refractivity contribution in [3.8, 4) is 11.5 Å². The van der Waals surface area contributed by atoms with Crippen molar-refractivity contribution in [1.82, 2.24) is 0 Å². The van der Waals surface area contributed by atoms with E-state index in [1.165, 1.54) is 13.8 Å². The molecule has 1 fully saturated rings. The van der Waals surface area contributed by atoms with E-state index in [-0.39, 0.29) is 12.2 Å². The zero-order valence-corrected chi connectivity index (χ0v) is 15.9. The summed E-state index contributed by atoms with van der Waals surface area (Å²) in [5.74, 6) is -1.22. The van der Waals surface area contributed by atoms with E-state index < -0.39 is 17.3 Å². The standard InChI is InChI=1S/C21H24O6/c1-14(22)19-13-21(27-26-20(19,2)23,15-5-9-17(24-3)10-6-15)16-7-11-18(25-4)12-8-16/h5-12,19,23H,13H2,1-4H3. The van der Waals surface area contributed by atoms with Crippen LogP contribution in [0.4, 0.5) is 0 Å². The molecular formula is C21H24O6. The highest BCUT2D eigenvalue weighted by atomic mass is 17.2. The fraction of sp³-hybridized carbons (Fsp3) is 0.381. The van der Waals surface area contributed by atoms with Gasteiger partial charge in [0, 0.05) is 6.42 Å². The number of carbonyl (C=O) groups excluding carboxylic acids is 1. The predicted octanol–water partition coefficient (Wildman–Crippen LogP) is 3.21. The van der Waals surface area contributed by atoms with E-state index in [4.69, 9.17) is 19.2 Å². The highest BCUT2D eigenvalue weighted by Crippen LogP contribution is 2.47. The summed E-state index contributed by atoms with van der Waals surface area (Å²) in [6, 6.07) is 14.7. The smallest absolute Gasteiger partial charge is 0.206 e. The number of ether oxygens (including phenoxy) is 2. The Bertz CT molecular complexity index is 747. The van der Waals surface area contributed by atoms with E-state index >= 15 is 0 Å². The van der Waals surface area contributed by atoms with Crippen molar-refractivity contribution in [2.75, 3.05) is 14.2 Å². The van der Waals surface area contributed by atoms with Gasteiger partial charge in [-0.2, -0.15) is 4.89 Å². The molecule has 2 unspecified atom stereocenters. The van der Waals surface area contributed by atoms with Crippen LogP contribution in [0.3, 0.4) is 0 Å². The first-order valence-corrected chi connectivity index (χ1v) is 8.71. The number of methoxy groups -OCH3 is 2. The molecule has 27 heavy (non-hydrogen) atoms. The molecule has 3 rings (SSSR count). The molecule has 6 heteroatoms. The summed E-state index contributed by atoms with van der Waals surface area (Å²) in [7, 11) is 3.19. The third-order valence-corrected chi connectivity index (χ3v) is 5.09. The maximum absolute atomic E-state index is 12.2. The highest BCUT2D eigenvalue weighted by Gasteiger charge is 2.52. The Labute approximate surface area is 158 Å². The van der Waals surface area contributed by atoms with Crippen LogP contribution in [-0.4, -0.2) is 30.9 Å². The summed E-state index contributed by atoms with van der Waals surface area (Å²) in [5, 5.41) is 10.5. The number of benzene rings is 2. The van der Waals surface area contributed by atoms with Gasteiger partial charge in [0.05, 0.1) is 20.1 Å². The van der Waals surface area contributed by atoms with Crippen LogP contribution in [0.25, 0.3) is 0 Å². The average Bonchev–Trinajstić information content (AvgIpc) is 2.68. The van der Waals surface area contributed by atoms with Gasteiger partial charge in [0.1, 0.15) is 17.3 Å². The first-order chi connectivity index (χ1) is 12.8. The number of hydrogen-bond donors (Lipinski definition) is 1. The van der Waals surface area contributed by atoms with Crippen LogP contribution in [0.5, 0.6) is 11.5 Å². The van der Waals surface area contributed by atoms with Gasteiger partial charge in [-0.25, -0.2) is 4.89 Å². The molecule has 0 spiro atoms. The van der Waals surface area contributed by atoms with Crippen LogP contribution in [0.1, 0.15) is 31.4 Å². The van der Waals surface area contributed by atoms with Crippen LogP contribution in [0, 0.1) is 5.92 Å². The summed E-state index contributed by atoms with van der Waals surface area (Å²) in [4.78, 5) is 23.4. The number of hydrogen-bond acceptors (Lipinski definition) is 6. The second-order valence-corrected chi connectivity index (χ2v) is 6.87. The minimum Gasteiger partial charge on any atom is -0.497 e. The lowest BCUT2D eigenvalue weighted by molar-refractivity contribution is -0.487. The third-order valence-electron chi connectivity index (χ3n) is 5.09. The second-order valence-electron chi connectivity index (χ2n) is 6.87. The molecule has 1 heterocycles.